The summed E-state index contributed by atoms with van der Waals surface area (Å²) in [6, 6.07) is 4.66. The number of pyridine rings is 2. The summed E-state index contributed by atoms with van der Waals surface area (Å²) in [4.78, 5) is 26.1. The Morgan fingerprint density at radius 2 is 2.17 bits per heavy atom. The van der Waals surface area contributed by atoms with Crippen molar-refractivity contribution in [3.8, 4) is 0 Å². The zero-order valence-electron chi connectivity index (χ0n) is 14.9. The normalized spacial score (nSPS) is 11.3. The van der Waals surface area contributed by atoms with Gasteiger partial charge in [-0.3, -0.25) is 15.1 Å². The molecule has 0 aliphatic heterocycles. The quantitative estimate of drug-likeness (QED) is 0.254. The van der Waals surface area contributed by atoms with Crippen LogP contribution >= 0.6 is 35.1 Å². The Hall–Kier alpha value is -2.90. The molecule has 3 heterocycles. The summed E-state index contributed by atoms with van der Waals surface area (Å²) < 4.78 is 17.5. The van der Waals surface area contributed by atoms with Crippen LogP contribution in [0.1, 0.15) is 16.3 Å². The number of amidine groups is 1. The molecule has 0 aliphatic rings. The predicted molar refractivity (Wildman–Crippen MR) is 112 cm³/mol. The first-order chi connectivity index (χ1) is 13.9. The van der Waals surface area contributed by atoms with Crippen molar-refractivity contribution in [2.75, 3.05) is 5.32 Å². The number of aromatic nitrogens is 4. The lowest BCUT2D eigenvalue weighted by Crippen LogP contribution is -2.16. The molecule has 29 heavy (non-hydrogen) atoms. The largest absolute Gasteiger partial charge is 0.376 e. The number of aryl methyl sites for hydroxylation is 1. The number of carbonyl (C=O) groups is 1. The molecule has 9 nitrogen and oxygen atoms in total. The van der Waals surface area contributed by atoms with Crippen LogP contribution in [0.3, 0.4) is 0 Å². The van der Waals surface area contributed by atoms with E-state index in [-0.39, 0.29) is 10.9 Å². The van der Waals surface area contributed by atoms with E-state index in [2.05, 4.69) is 41.6 Å². The lowest BCUT2D eigenvalue weighted by Gasteiger charge is -2.10. The molecule has 0 radical (unpaired) electrons. The Kier molecular flexibility index (Phi) is 6.85. The number of amides is 1. The Bertz CT molecular complexity index is 1090. The molecule has 0 saturated carbocycles. The van der Waals surface area contributed by atoms with Crippen molar-refractivity contribution in [1.29, 1.82) is 0 Å². The van der Waals surface area contributed by atoms with E-state index in [9.17, 15) is 9.18 Å². The summed E-state index contributed by atoms with van der Waals surface area (Å²) in [5.74, 6) is -0.428. The number of nitrogens with two attached hydrogens (primary N) is 1. The average Bonchev–Trinajstić information content (AvgIpc) is 3.08. The van der Waals surface area contributed by atoms with Crippen LogP contribution in [0.2, 0.25) is 0 Å². The van der Waals surface area contributed by atoms with Gasteiger partial charge in [0.2, 0.25) is 5.13 Å². The number of nitrogens with zero attached hydrogens (tertiary/aromatic N) is 6. The van der Waals surface area contributed by atoms with Gasteiger partial charge in [-0.1, -0.05) is 11.8 Å². The van der Waals surface area contributed by atoms with Crippen LogP contribution in [0.5, 0.6) is 0 Å². The van der Waals surface area contributed by atoms with Gasteiger partial charge in [0.15, 0.2) is 5.17 Å². The van der Waals surface area contributed by atoms with Crippen LogP contribution in [0, 0.1) is 12.7 Å². The third kappa shape index (κ3) is 5.79. The number of rotatable bonds is 6. The van der Waals surface area contributed by atoms with E-state index < -0.39 is 11.7 Å². The number of carbonyl (C=O) groups excluding carboxylic acids is 1. The van der Waals surface area contributed by atoms with Crippen LogP contribution in [-0.4, -0.2) is 37.1 Å². The Morgan fingerprint density at radius 3 is 2.86 bits per heavy atom. The van der Waals surface area contributed by atoms with E-state index in [0.717, 1.165) is 41.3 Å². The van der Waals surface area contributed by atoms with Gasteiger partial charge in [0.05, 0.1) is 6.20 Å². The molecular weight excluding hydrogens is 435 g/mol. The van der Waals surface area contributed by atoms with Gasteiger partial charge >= 0.3 is 0 Å². The fraction of sp³-hybridized carbons (Fsp3) is 0.0625. The maximum atomic E-state index is 13.5. The van der Waals surface area contributed by atoms with Crippen molar-refractivity contribution < 1.29 is 9.18 Å². The summed E-state index contributed by atoms with van der Waals surface area (Å²) in [6.07, 6.45) is 2.59. The van der Waals surface area contributed by atoms with Crippen molar-refractivity contribution in [3.05, 3.63) is 47.9 Å². The first-order valence-electron chi connectivity index (χ1n) is 7.82. The van der Waals surface area contributed by atoms with Crippen LogP contribution in [-0.2, 0) is 0 Å². The molecule has 3 rings (SSSR count). The summed E-state index contributed by atoms with van der Waals surface area (Å²) in [7, 11) is 0. The second kappa shape index (κ2) is 9.54. The summed E-state index contributed by atoms with van der Waals surface area (Å²) in [5, 5.41) is 10.5. The SMILES string of the molecule is C=N/N=C(\N)Sc1ccc(Sc2cncc(F)c2)c(C(=O)Nc2nc(C)ns2)n1. The van der Waals surface area contributed by atoms with Crippen molar-refractivity contribution >= 4 is 58.0 Å². The van der Waals surface area contributed by atoms with Crippen LogP contribution in [0.4, 0.5) is 9.52 Å². The second-order valence-corrected chi connectivity index (χ2v) is 8.13. The minimum Gasteiger partial charge on any atom is -0.376 e. The molecule has 0 spiro atoms. The fourth-order valence-corrected chi connectivity index (χ4v) is 4.07. The van der Waals surface area contributed by atoms with Gasteiger partial charge < -0.3 is 5.73 Å². The van der Waals surface area contributed by atoms with E-state index >= 15 is 0 Å². The zero-order chi connectivity index (χ0) is 20.8. The molecule has 1 amide bonds. The predicted octanol–water partition coefficient (Wildman–Crippen LogP) is 3.20. The highest BCUT2D eigenvalue weighted by Crippen LogP contribution is 2.32. The zero-order valence-corrected chi connectivity index (χ0v) is 17.3. The van der Waals surface area contributed by atoms with E-state index in [1.807, 2.05) is 0 Å². The van der Waals surface area contributed by atoms with Gasteiger partial charge in [-0.15, -0.1) is 5.10 Å². The molecule has 3 N–H and O–H groups in total. The van der Waals surface area contributed by atoms with Crippen molar-refractivity contribution in [2.24, 2.45) is 15.9 Å². The standard InChI is InChI=1S/C16H13FN8OS3/c1-8-21-16(29-25-8)23-14(26)13-11(27-10-5-9(17)6-20-7-10)3-4-12(22-13)28-15(18)24-19-2/h3-7H,2H2,1H3,(H2,18,24)(H,21,23,25,26). The molecule has 13 heteroatoms. The number of halogens is 1. The molecule has 0 atom stereocenters. The molecule has 0 fully saturated rings. The second-order valence-electron chi connectivity index (χ2n) is 5.22. The van der Waals surface area contributed by atoms with E-state index in [1.165, 1.54) is 12.3 Å². The Labute approximate surface area is 177 Å². The van der Waals surface area contributed by atoms with Crippen molar-refractivity contribution in [1.82, 2.24) is 19.3 Å². The highest BCUT2D eigenvalue weighted by atomic mass is 32.2. The average molecular weight is 449 g/mol. The Morgan fingerprint density at radius 1 is 1.34 bits per heavy atom. The van der Waals surface area contributed by atoms with Gasteiger partial charge in [0.25, 0.3) is 5.91 Å². The number of hydrogen-bond donors (Lipinski definition) is 2. The molecule has 0 aliphatic carbocycles. The Balaban J connectivity index is 1.93. The summed E-state index contributed by atoms with van der Waals surface area (Å²) in [6.45, 7) is 4.96. The maximum Gasteiger partial charge on any atom is 0.277 e. The van der Waals surface area contributed by atoms with Gasteiger partial charge in [0, 0.05) is 34.2 Å². The number of thioether (sulfide) groups is 1. The first-order valence-corrected chi connectivity index (χ1v) is 10.2. The molecule has 0 aromatic carbocycles. The molecular formula is C16H13FN8OS3. The molecule has 148 valence electrons. The molecule has 0 bridgehead atoms. The summed E-state index contributed by atoms with van der Waals surface area (Å²) in [5.41, 5.74) is 5.82. The van der Waals surface area contributed by atoms with Crippen LogP contribution in [0.15, 0.2) is 55.6 Å². The van der Waals surface area contributed by atoms with Gasteiger partial charge in [-0.2, -0.15) is 9.47 Å². The molecule has 0 saturated heterocycles. The van der Waals surface area contributed by atoms with Crippen LogP contribution < -0.4 is 11.1 Å². The fourth-order valence-electron chi connectivity index (χ4n) is 2.01. The monoisotopic (exact) mass is 448 g/mol. The number of nitrogens with one attached hydrogen (secondary N) is 1. The van der Waals surface area contributed by atoms with Crippen LogP contribution in [0.25, 0.3) is 0 Å². The van der Waals surface area contributed by atoms with Crippen molar-refractivity contribution in [2.45, 2.75) is 21.7 Å². The molecule has 0 unspecified atom stereocenters. The number of anilines is 1. The minimum absolute atomic E-state index is 0.108. The van der Waals surface area contributed by atoms with Crippen molar-refractivity contribution in [3.63, 3.8) is 0 Å². The smallest absolute Gasteiger partial charge is 0.277 e. The lowest BCUT2D eigenvalue weighted by molar-refractivity contribution is 0.101. The topological polar surface area (TPSA) is 131 Å². The maximum absolute atomic E-state index is 13.5. The third-order valence-corrected chi connectivity index (χ3v) is 5.54. The van der Waals surface area contributed by atoms with Gasteiger partial charge in [0.1, 0.15) is 22.4 Å². The number of hydrogen-bond acceptors (Lipinski definition) is 10. The van der Waals surface area contributed by atoms with E-state index in [4.69, 9.17) is 5.73 Å². The van der Waals surface area contributed by atoms with Gasteiger partial charge in [-0.05, 0) is 36.9 Å². The van der Waals surface area contributed by atoms with E-state index in [0.29, 0.717) is 25.8 Å². The first kappa shape index (κ1) is 20.8. The van der Waals surface area contributed by atoms with Gasteiger partial charge in [-0.25, -0.2) is 14.4 Å². The lowest BCUT2D eigenvalue weighted by atomic mass is 10.3. The van der Waals surface area contributed by atoms with E-state index in [1.54, 1.807) is 19.1 Å². The summed E-state index contributed by atoms with van der Waals surface area (Å²) >= 11 is 3.23. The highest BCUT2D eigenvalue weighted by Gasteiger charge is 2.18. The molecule has 3 aromatic rings. The third-order valence-electron chi connectivity index (χ3n) is 3.08. The highest BCUT2D eigenvalue weighted by molar-refractivity contribution is 8.13. The molecule has 3 aromatic heterocycles. The minimum atomic E-state index is -0.493.